The zero-order chi connectivity index (χ0) is 21.3. The summed E-state index contributed by atoms with van der Waals surface area (Å²) in [7, 11) is 0. The molecule has 0 spiro atoms. The van der Waals surface area contributed by atoms with Gasteiger partial charge in [0.2, 0.25) is 0 Å². The number of carbonyl (C=O) groups excluding carboxylic acids is 1. The molecule has 1 aromatic carbocycles. The standard InChI is InChI=1S/C21H18F3N5O/c1-13-7-8-29(20(30)27-16-10-25-12-26-11-16)19-17(13)5-6-18(28-19)14-3-2-4-15(9-14)21(22,23)24/h2-6,9-13H,7-8H2,1H3,(H,27,30). The number of nitrogens with one attached hydrogen (secondary N) is 1. The van der Waals surface area contributed by atoms with E-state index < -0.39 is 17.8 Å². The number of aromatic nitrogens is 3. The summed E-state index contributed by atoms with van der Waals surface area (Å²) in [6, 6.07) is 8.12. The first-order valence-corrected chi connectivity index (χ1v) is 9.35. The van der Waals surface area contributed by atoms with Crippen LogP contribution in [0, 0.1) is 0 Å². The maximum Gasteiger partial charge on any atom is 0.416 e. The van der Waals surface area contributed by atoms with Gasteiger partial charge in [-0.2, -0.15) is 13.2 Å². The fraction of sp³-hybridized carbons (Fsp3) is 0.238. The molecule has 0 saturated carbocycles. The van der Waals surface area contributed by atoms with Crippen LogP contribution in [0.4, 0.5) is 29.5 Å². The highest BCUT2D eigenvalue weighted by atomic mass is 19.4. The summed E-state index contributed by atoms with van der Waals surface area (Å²) in [5.41, 5.74) is 1.28. The van der Waals surface area contributed by atoms with Crippen LogP contribution in [0.2, 0.25) is 0 Å². The molecule has 0 bridgehead atoms. The molecule has 1 unspecified atom stereocenters. The van der Waals surface area contributed by atoms with E-state index in [-0.39, 0.29) is 5.92 Å². The van der Waals surface area contributed by atoms with Gasteiger partial charge < -0.3 is 5.32 Å². The molecule has 2 aromatic heterocycles. The summed E-state index contributed by atoms with van der Waals surface area (Å²) in [5, 5.41) is 2.73. The summed E-state index contributed by atoms with van der Waals surface area (Å²) >= 11 is 0. The molecular weight excluding hydrogens is 395 g/mol. The van der Waals surface area contributed by atoms with Crippen molar-refractivity contribution in [3.63, 3.8) is 0 Å². The zero-order valence-electron chi connectivity index (χ0n) is 16.0. The average molecular weight is 413 g/mol. The van der Waals surface area contributed by atoms with E-state index in [9.17, 15) is 18.0 Å². The molecule has 30 heavy (non-hydrogen) atoms. The van der Waals surface area contributed by atoms with E-state index >= 15 is 0 Å². The van der Waals surface area contributed by atoms with E-state index in [0.717, 1.165) is 24.1 Å². The Bertz CT molecular complexity index is 1070. The number of alkyl halides is 3. The Morgan fingerprint density at radius 2 is 1.93 bits per heavy atom. The summed E-state index contributed by atoms with van der Waals surface area (Å²) < 4.78 is 39.3. The van der Waals surface area contributed by atoms with Crippen LogP contribution in [0.1, 0.15) is 30.4 Å². The highest BCUT2D eigenvalue weighted by molar-refractivity contribution is 6.01. The lowest BCUT2D eigenvalue weighted by atomic mass is 9.93. The molecular formula is C21H18F3N5O. The average Bonchev–Trinajstić information content (AvgIpc) is 2.74. The summed E-state index contributed by atoms with van der Waals surface area (Å²) in [4.78, 5) is 26.6. The van der Waals surface area contributed by atoms with Gasteiger partial charge in [-0.15, -0.1) is 0 Å². The summed E-state index contributed by atoms with van der Waals surface area (Å²) in [5.74, 6) is 0.616. The first-order chi connectivity index (χ1) is 14.3. The molecule has 3 heterocycles. The molecule has 0 saturated heterocycles. The molecule has 4 rings (SSSR count). The molecule has 3 aromatic rings. The van der Waals surface area contributed by atoms with Crippen LogP contribution in [-0.2, 0) is 6.18 Å². The Kier molecular flexibility index (Phi) is 5.11. The maximum absolute atomic E-state index is 13.1. The van der Waals surface area contributed by atoms with Crippen molar-refractivity contribution in [3.8, 4) is 11.3 Å². The van der Waals surface area contributed by atoms with E-state index in [2.05, 4.69) is 20.3 Å². The SMILES string of the molecule is CC1CCN(C(=O)Nc2cncnc2)c2nc(-c3cccc(C(F)(F)F)c3)ccc21. The number of carbonyl (C=O) groups is 1. The van der Waals surface area contributed by atoms with Crippen molar-refractivity contribution in [2.24, 2.45) is 0 Å². The fourth-order valence-electron chi connectivity index (χ4n) is 3.41. The van der Waals surface area contributed by atoms with E-state index in [4.69, 9.17) is 0 Å². The molecule has 1 aliphatic rings. The number of nitrogens with zero attached hydrogens (tertiary/aromatic N) is 4. The molecule has 0 fully saturated rings. The third kappa shape index (κ3) is 3.96. The van der Waals surface area contributed by atoms with Gasteiger partial charge in [0.25, 0.3) is 0 Å². The van der Waals surface area contributed by atoms with Gasteiger partial charge in [0.15, 0.2) is 0 Å². The Morgan fingerprint density at radius 1 is 1.17 bits per heavy atom. The minimum atomic E-state index is -4.44. The molecule has 2 amide bonds. The highest BCUT2D eigenvalue weighted by Gasteiger charge is 2.31. The second-order valence-corrected chi connectivity index (χ2v) is 7.09. The minimum absolute atomic E-state index is 0.173. The van der Waals surface area contributed by atoms with Crippen molar-refractivity contribution in [3.05, 3.63) is 66.2 Å². The van der Waals surface area contributed by atoms with Crippen LogP contribution >= 0.6 is 0 Å². The first kappa shape index (κ1) is 19.8. The Morgan fingerprint density at radius 3 is 2.67 bits per heavy atom. The molecule has 1 aliphatic heterocycles. The van der Waals surface area contributed by atoms with Crippen LogP contribution in [0.3, 0.4) is 0 Å². The van der Waals surface area contributed by atoms with Crippen LogP contribution in [0.15, 0.2) is 55.1 Å². The molecule has 9 heteroatoms. The third-order valence-electron chi connectivity index (χ3n) is 5.02. The Labute approximate surface area is 170 Å². The van der Waals surface area contributed by atoms with Crippen molar-refractivity contribution >= 4 is 17.5 Å². The lowest BCUT2D eigenvalue weighted by Gasteiger charge is -2.32. The topological polar surface area (TPSA) is 71.0 Å². The Balaban J connectivity index is 1.70. The number of hydrogen-bond acceptors (Lipinski definition) is 4. The van der Waals surface area contributed by atoms with Crippen LogP contribution in [0.5, 0.6) is 0 Å². The lowest BCUT2D eigenvalue weighted by molar-refractivity contribution is -0.137. The molecule has 0 aliphatic carbocycles. The van der Waals surface area contributed by atoms with E-state index in [0.29, 0.717) is 29.3 Å². The van der Waals surface area contributed by atoms with Crippen molar-refractivity contribution in [2.75, 3.05) is 16.8 Å². The number of benzene rings is 1. The minimum Gasteiger partial charge on any atom is -0.305 e. The van der Waals surface area contributed by atoms with Gasteiger partial charge in [-0.1, -0.05) is 25.1 Å². The largest absolute Gasteiger partial charge is 0.416 e. The van der Waals surface area contributed by atoms with Crippen LogP contribution < -0.4 is 10.2 Å². The van der Waals surface area contributed by atoms with E-state index in [1.165, 1.54) is 29.7 Å². The quantitative estimate of drug-likeness (QED) is 0.634. The lowest BCUT2D eigenvalue weighted by Crippen LogP contribution is -2.40. The monoisotopic (exact) mass is 413 g/mol. The van der Waals surface area contributed by atoms with Gasteiger partial charge in [-0.05, 0) is 36.1 Å². The second-order valence-electron chi connectivity index (χ2n) is 7.09. The summed E-state index contributed by atoms with van der Waals surface area (Å²) in [6.07, 6.45) is 0.616. The van der Waals surface area contributed by atoms with Gasteiger partial charge in [0.1, 0.15) is 12.1 Å². The van der Waals surface area contributed by atoms with Gasteiger partial charge in [-0.25, -0.2) is 19.7 Å². The molecule has 0 radical (unpaired) electrons. The zero-order valence-corrected chi connectivity index (χ0v) is 16.0. The smallest absolute Gasteiger partial charge is 0.305 e. The predicted octanol–water partition coefficient (Wildman–Crippen LogP) is 5.10. The van der Waals surface area contributed by atoms with Gasteiger partial charge >= 0.3 is 12.2 Å². The molecule has 1 N–H and O–H groups in total. The summed E-state index contributed by atoms with van der Waals surface area (Å²) in [6.45, 7) is 2.47. The van der Waals surface area contributed by atoms with Gasteiger partial charge in [0.05, 0.1) is 29.3 Å². The Hall–Kier alpha value is -3.49. The number of pyridine rings is 1. The highest BCUT2D eigenvalue weighted by Crippen LogP contribution is 2.37. The number of halogens is 3. The van der Waals surface area contributed by atoms with E-state index in [1.807, 2.05) is 13.0 Å². The number of fused-ring (bicyclic) bond motifs is 1. The normalized spacial score (nSPS) is 16.1. The van der Waals surface area contributed by atoms with Gasteiger partial charge in [-0.3, -0.25) is 4.90 Å². The van der Waals surface area contributed by atoms with Crippen LogP contribution in [-0.4, -0.2) is 27.5 Å². The molecule has 1 atom stereocenters. The fourth-order valence-corrected chi connectivity index (χ4v) is 3.41. The van der Waals surface area contributed by atoms with Crippen molar-refractivity contribution in [1.29, 1.82) is 0 Å². The molecule has 6 nitrogen and oxygen atoms in total. The number of anilines is 2. The van der Waals surface area contributed by atoms with Crippen molar-refractivity contribution in [2.45, 2.75) is 25.4 Å². The maximum atomic E-state index is 13.1. The number of rotatable bonds is 2. The third-order valence-corrected chi connectivity index (χ3v) is 5.02. The van der Waals surface area contributed by atoms with E-state index in [1.54, 1.807) is 12.1 Å². The van der Waals surface area contributed by atoms with Gasteiger partial charge in [0, 0.05) is 12.1 Å². The van der Waals surface area contributed by atoms with Crippen molar-refractivity contribution in [1.82, 2.24) is 15.0 Å². The number of urea groups is 1. The number of hydrogen-bond donors (Lipinski definition) is 1. The number of amides is 2. The molecule has 154 valence electrons. The first-order valence-electron chi connectivity index (χ1n) is 9.35. The predicted molar refractivity (Wildman–Crippen MR) is 106 cm³/mol. The second kappa shape index (κ2) is 7.74. The van der Waals surface area contributed by atoms with Crippen molar-refractivity contribution < 1.29 is 18.0 Å². The van der Waals surface area contributed by atoms with Crippen LogP contribution in [0.25, 0.3) is 11.3 Å².